The average molecular weight is 359 g/mol. The Bertz CT molecular complexity index is 769. The molecule has 1 heterocycles. The van der Waals surface area contributed by atoms with Gasteiger partial charge >= 0.3 is 17.1 Å². The van der Waals surface area contributed by atoms with E-state index >= 15 is 0 Å². The van der Waals surface area contributed by atoms with Gasteiger partial charge in [-0.2, -0.15) is 29.8 Å². The smallest absolute Gasteiger partial charge is 0.268 e. The Balaban J connectivity index is 0.000000222. The Morgan fingerprint density at radius 3 is 1.83 bits per heavy atom. The number of rotatable bonds is 2. The van der Waals surface area contributed by atoms with Crippen LogP contribution >= 0.6 is 0 Å². The number of benzene rings is 1. The van der Waals surface area contributed by atoms with E-state index in [1.807, 2.05) is 0 Å². The molecule has 3 nitrogen and oxygen atoms in total. The van der Waals surface area contributed by atoms with E-state index in [4.69, 9.17) is 0 Å². The van der Waals surface area contributed by atoms with Gasteiger partial charge in [-0.3, -0.25) is 14.5 Å². The van der Waals surface area contributed by atoms with E-state index in [0.29, 0.717) is 16.8 Å². The van der Waals surface area contributed by atoms with Gasteiger partial charge in [0.25, 0.3) is 11.8 Å². The van der Waals surface area contributed by atoms with Crippen LogP contribution in [0.4, 0.5) is 5.69 Å². The third-order valence-corrected chi connectivity index (χ3v) is 3.84. The van der Waals surface area contributed by atoms with Crippen molar-refractivity contribution >= 4 is 17.5 Å². The molecule has 1 aliphatic rings. The van der Waals surface area contributed by atoms with Crippen molar-refractivity contribution in [2.24, 2.45) is 0 Å². The van der Waals surface area contributed by atoms with Crippen LogP contribution in [0.5, 0.6) is 0 Å². The van der Waals surface area contributed by atoms with Crippen LogP contribution in [-0.2, 0) is 23.5 Å². The van der Waals surface area contributed by atoms with Crippen molar-refractivity contribution in [1.82, 2.24) is 0 Å². The number of amides is 2. The van der Waals surface area contributed by atoms with Gasteiger partial charge in [-0.1, -0.05) is 31.2 Å². The van der Waals surface area contributed by atoms with Gasteiger partial charge in [0.1, 0.15) is 0 Å². The number of aryl methyl sites for hydroxylation is 1. The largest absolute Gasteiger partial charge is 2.00 e. The first-order valence-corrected chi connectivity index (χ1v) is 7.62. The molecule has 122 valence electrons. The molecule has 0 atom stereocenters. The number of anilines is 1. The summed E-state index contributed by atoms with van der Waals surface area (Å²) in [7, 11) is 0. The van der Waals surface area contributed by atoms with E-state index in [0.717, 1.165) is 6.42 Å². The molecule has 0 saturated carbocycles. The van der Waals surface area contributed by atoms with E-state index < -0.39 is 0 Å². The molecule has 3 aromatic carbocycles. The van der Waals surface area contributed by atoms with Crippen molar-refractivity contribution in [3.63, 3.8) is 0 Å². The van der Waals surface area contributed by atoms with Gasteiger partial charge in [-0.25, -0.2) is 18.2 Å². The molecule has 0 aromatic heterocycles. The van der Waals surface area contributed by atoms with Gasteiger partial charge in [0.05, 0.1) is 11.1 Å². The van der Waals surface area contributed by atoms with Gasteiger partial charge in [-0.05, 0) is 12.1 Å². The van der Waals surface area contributed by atoms with Crippen molar-refractivity contribution in [2.45, 2.75) is 13.3 Å². The minimum atomic E-state index is -0.244. The summed E-state index contributed by atoms with van der Waals surface area (Å²) in [6.45, 7) is 2.16. The molecular formula is C20H17FeNO2. The second-order valence-electron chi connectivity index (χ2n) is 5.28. The average Bonchev–Trinajstić information content (AvgIpc) is 3.31. The Kier molecular flexibility index (Phi) is 5.91. The quantitative estimate of drug-likeness (QED) is 0.391. The predicted molar refractivity (Wildman–Crippen MR) is 91.0 cm³/mol. The molecule has 2 amide bonds. The fourth-order valence-corrected chi connectivity index (χ4v) is 2.59. The third kappa shape index (κ3) is 3.40. The minimum absolute atomic E-state index is 0. The number of hydrogen-bond donors (Lipinski definition) is 0. The van der Waals surface area contributed by atoms with E-state index in [9.17, 15) is 9.59 Å². The summed E-state index contributed by atoms with van der Waals surface area (Å²) in [5.41, 5.74) is 3.02. The first-order valence-electron chi connectivity index (χ1n) is 7.62. The molecule has 0 aliphatic carbocycles. The standard InChI is InChI=1S/C13H8NO2.C7H9.Fe/c15-12-10-7-3-4-8-11(10)13(16)14(12)9-5-1-2-6-9;1-2-7-5-3-4-6-7;/h1-8H;3-6H,2H2,1H3;/q2*-1;+2. The third-order valence-electron chi connectivity index (χ3n) is 3.84. The Morgan fingerprint density at radius 1 is 0.833 bits per heavy atom. The number of hydrogen-bond acceptors (Lipinski definition) is 2. The topological polar surface area (TPSA) is 37.4 Å². The molecule has 0 N–H and O–H groups in total. The molecule has 0 unspecified atom stereocenters. The maximum Gasteiger partial charge on any atom is 2.00 e. The second kappa shape index (κ2) is 7.91. The summed E-state index contributed by atoms with van der Waals surface area (Å²) < 4.78 is 0. The summed E-state index contributed by atoms with van der Waals surface area (Å²) >= 11 is 0. The molecular weight excluding hydrogens is 342 g/mol. The SMILES string of the molecule is CCc1ccc[cH-]1.O=C1c2ccccc2C(=O)N1c1ccc[cH-]1.[Fe+2]. The fraction of sp³-hybridized carbons (Fsp3) is 0.100. The summed E-state index contributed by atoms with van der Waals surface area (Å²) in [4.78, 5) is 25.2. The molecule has 0 saturated heterocycles. The van der Waals surface area contributed by atoms with E-state index in [2.05, 4.69) is 31.2 Å². The molecule has 0 bridgehead atoms. The molecule has 0 radical (unpaired) electrons. The molecule has 3 aromatic rings. The van der Waals surface area contributed by atoms with E-state index in [-0.39, 0.29) is 28.9 Å². The van der Waals surface area contributed by atoms with Crippen molar-refractivity contribution in [3.05, 3.63) is 89.5 Å². The fourth-order valence-electron chi connectivity index (χ4n) is 2.59. The Labute approximate surface area is 152 Å². The van der Waals surface area contributed by atoms with Crippen LogP contribution in [-0.4, -0.2) is 11.8 Å². The minimum Gasteiger partial charge on any atom is -0.268 e. The van der Waals surface area contributed by atoms with Gasteiger partial charge in [0.15, 0.2) is 0 Å². The van der Waals surface area contributed by atoms with E-state index in [1.165, 1.54) is 10.5 Å². The van der Waals surface area contributed by atoms with Crippen LogP contribution in [0.2, 0.25) is 0 Å². The molecule has 0 spiro atoms. The van der Waals surface area contributed by atoms with Crippen LogP contribution in [0.25, 0.3) is 0 Å². The van der Waals surface area contributed by atoms with Gasteiger partial charge in [-0.15, -0.1) is 6.07 Å². The summed E-state index contributed by atoms with van der Waals surface area (Å²) in [6.07, 6.45) is 1.16. The first kappa shape index (κ1) is 17.9. The van der Waals surface area contributed by atoms with Crippen molar-refractivity contribution in [3.8, 4) is 0 Å². The Hall–Kier alpha value is -2.42. The number of imide groups is 1. The second-order valence-corrected chi connectivity index (χ2v) is 5.28. The van der Waals surface area contributed by atoms with E-state index in [1.54, 1.807) is 48.5 Å². The molecule has 0 fully saturated rings. The van der Waals surface area contributed by atoms with Gasteiger partial charge < -0.3 is 0 Å². The number of nitrogens with zero attached hydrogens (tertiary/aromatic N) is 1. The van der Waals surface area contributed by atoms with Crippen molar-refractivity contribution < 1.29 is 26.7 Å². The molecule has 1 aliphatic heterocycles. The predicted octanol–water partition coefficient (Wildman–Crippen LogP) is 4.17. The van der Waals surface area contributed by atoms with Gasteiger partial charge in [0.2, 0.25) is 0 Å². The first-order chi connectivity index (χ1) is 11.2. The number of carbonyl (C=O) groups excluding carboxylic acids is 2. The van der Waals surface area contributed by atoms with Crippen LogP contribution in [0.3, 0.4) is 0 Å². The normalized spacial score (nSPS) is 12.3. The van der Waals surface area contributed by atoms with Crippen molar-refractivity contribution in [2.75, 3.05) is 4.90 Å². The molecule has 4 rings (SSSR count). The number of fused-ring (bicyclic) bond motifs is 1. The Morgan fingerprint density at radius 2 is 1.42 bits per heavy atom. The number of carbonyl (C=O) groups is 2. The molecule has 4 heteroatoms. The zero-order valence-electron chi connectivity index (χ0n) is 13.3. The zero-order chi connectivity index (χ0) is 16.2. The van der Waals surface area contributed by atoms with Gasteiger partial charge in [0, 0.05) is 0 Å². The zero-order valence-corrected chi connectivity index (χ0v) is 14.4. The summed E-state index contributed by atoms with van der Waals surface area (Å²) in [5.74, 6) is -0.487. The summed E-state index contributed by atoms with van der Waals surface area (Å²) in [6, 6.07) is 22.4. The van der Waals surface area contributed by atoms with Crippen LogP contribution in [0.1, 0.15) is 33.2 Å². The molecule has 24 heavy (non-hydrogen) atoms. The van der Waals surface area contributed by atoms with Crippen LogP contribution in [0.15, 0.2) is 72.8 Å². The monoisotopic (exact) mass is 359 g/mol. The van der Waals surface area contributed by atoms with Crippen LogP contribution in [0, 0.1) is 0 Å². The van der Waals surface area contributed by atoms with Crippen LogP contribution < -0.4 is 4.90 Å². The summed E-state index contributed by atoms with van der Waals surface area (Å²) in [5, 5.41) is 0. The maximum absolute atomic E-state index is 12.0. The maximum atomic E-state index is 12.0. The van der Waals surface area contributed by atoms with Crippen molar-refractivity contribution in [1.29, 1.82) is 0 Å².